The molecule has 1 aromatic carbocycles. The molecule has 0 radical (unpaired) electrons. The molecule has 0 aliphatic carbocycles. The van der Waals surface area contributed by atoms with Crippen LogP contribution in [0, 0.1) is 0 Å². The first-order valence-corrected chi connectivity index (χ1v) is 6.90. The van der Waals surface area contributed by atoms with Crippen LogP contribution < -0.4 is 5.32 Å². The van der Waals surface area contributed by atoms with E-state index in [4.69, 9.17) is 0 Å². The molecule has 18 heavy (non-hydrogen) atoms. The molecular weight excluding hydrogens is 279 g/mol. The largest absolute Gasteiger partial charge is 0.446 e. The number of benzene rings is 1. The third-order valence-electron chi connectivity index (χ3n) is 2.16. The van der Waals surface area contributed by atoms with E-state index in [1.807, 2.05) is 16.8 Å². The molecule has 0 spiro atoms. The molecule has 1 aromatic heterocycles. The Kier molecular flexibility index (Phi) is 4.19. The minimum Gasteiger partial charge on any atom is -0.381 e. The first-order valence-electron chi connectivity index (χ1n) is 5.14. The van der Waals surface area contributed by atoms with Crippen molar-refractivity contribution in [2.45, 2.75) is 16.9 Å². The summed E-state index contributed by atoms with van der Waals surface area (Å²) in [6.07, 6.45) is 0. The summed E-state index contributed by atoms with van der Waals surface area (Å²) < 4.78 is 36.4. The molecule has 2 aromatic rings. The maximum Gasteiger partial charge on any atom is 0.446 e. The third-order valence-corrected chi connectivity index (χ3v) is 3.64. The molecule has 0 aliphatic rings. The number of rotatable bonds is 4. The number of hydrogen-bond donors (Lipinski definition) is 1. The molecule has 6 heteroatoms. The van der Waals surface area contributed by atoms with Crippen LogP contribution in [0.4, 0.5) is 18.9 Å². The van der Waals surface area contributed by atoms with Gasteiger partial charge in [0.2, 0.25) is 0 Å². The fraction of sp³-hybridized carbons (Fsp3) is 0.167. The molecule has 0 saturated heterocycles. The Morgan fingerprint density at radius 1 is 1.11 bits per heavy atom. The number of alkyl halides is 3. The second-order valence-corrected chi connectivity index (χ2v) is 5.48. The van der Waals surface area contributed by atoms with Crippen molar-refractivity contribution >= 4 is 28.8 Å². The van der Waals surface area contributed by atoms with Crippen LogP contribution in [0.2, 0.25) is 0 Å². The Bertz CT molecular complexity index is 477. The van der Waals surface area contributed by atoms with Crippen molar-refractivity contribution in [3.05, 3.63) is 46.7 Å². The highest BCUT2D eigenvalue weighted by Gasteiger charge is 2.28. The monoisotopic (exact) mass is 289 g/mol. The lowest BCUT2D eigenvalue weighted by molar-refractivity contribution is -0.0328. The topological polar surface area (TPSA) is 12.0 Å². The standard InChI is InChI=1S/C12H10F3NS2/c13-12(14,15)18-11-3-1-10(2-4-11)16-7-9-5-6-17-8-9/h1-6,8,16H,7H2. The summed E-state index contributed by atoms with van der Waals surface area (Å²) in [7, 11) is 0. The van der Waals surface area contributed by atoms with Gasteiger partial charge in [0.25, 0.3) is 0 Å². The van der Waals surface area contributed by atoms with Gasteiger partial charge in [-0.2, -0.15) is 24.5 Å². The molecule has 0 atom stereocenters. The van der Waals surface area contributed by atoms with Crippen LogP contribution in [-0.4, -0.2) is 5.51 Å². The Balaban J connectivity index is 1.91. The fourth-order valence-corrected chi connectivity index (χ4v) is 2.58. The second-order valence-electron chi connectivity index (χ2n) is 3.56. The highest BCUT2D eigenvalue weighted by Crippen LogP contribution is 2.37. The minimum atomic E-state index is -4.23. The van der Waals surface area contributed by atoms with E-state index in [9.17, 15) is 13.2 Å². The smallest absolute Gasteiger partial charge is 0.381 e. The fourth-order valence-electron chi connectivity index (χ4n) is 1.37. The molecule has 0 unspecified atom stereocenters. The van der Waals surface area contributed by atoms with Crippen molar-refractivity contribution in [2.75, 3.05) is 5.32 Å². The minimum absolute atomic E-state index is 0.101. The summed E-state index contributed by atoms with van der Waals surface area (Å²) in [4.78, 5) is 0.198. The van der Waals surface area contributed by atoms with E-state index >= 15 is 0 Å². The molecule has 0 amide bonds. The Morgan fingerprint density at radius 2 is 1.83 bits per heavy atom. The van der Waals surface area contributed by atoms with Gasteiger partial charge < -0.3 is 5.32 Å². The van der Waals surface area contributed by atoms with Gasteiger partial charge in [0.15, 0.2) is 0 Å². The van der Waals surface area contributed by atoms with Crippen LogP contribution in [0.5, 0.6) is 0 Å². The number of hydrogen-bond acceptors (Lipinski definition) is 3. The van der Waals surface area contributed by atoms with Crippen LogP contribution >= 0.6 is 23.1 Å². The average Bonchev–Trinajstić information content (AvgIpc) is 2.79. The molecule has 96 valence electrons. The van der Waals surface area contributed by atoms with Crippen molar-refractivity contribution in [1.29, 1.82) is 0 Å². The predicted octanol–water partition coefficient (Wildman–Crippen LogP) is 4.97. The van der Waals surface area contributed by atoms with Gasteiger partial charge in [-0.3, -0.25) is 0 Å². The SMILES string of the molecule is FC(F)(F)Sc1ccc(NCc2ccsc2)cc1. The van der Waals surface area contributed by atoms with Gasteiger partial charge in [0.05, 0.1) is 0 Å². The summed E-state index contributed by atoms with van der Waals surface area (Å²) in [6.45, 7) is 0.676. The molecule has 0 aliphatic heterocycles. The van der Waals surface area contributed by atoms with E-state index in [2.05, 4.69) is 5.32 Å². The lowest BCUT2D eigenvalue weighted by Crippen LogP contribution is -2.00. The van der Waals surface area contributed by atoms with Crippen molar-refractivity contribution < 1.29 is 13.2 Å². The Labute approximate surface area is 111 Å². The van der Waals surface area contributed by atoms with E-state index in [-0.39, 0.29) is 16.7 Å². The van der Waals surface area contributed by atoms with Gasteiger partial charge >= 0.3 is 5.51 Å². The average molecular weight is 289 g/mol. The van der Waals surface area contributed by atoms with Gasteiger partial charge in [-0.1, -0.05) is 0 Å². The van der Waals surface area contributed by atoms with E-state index in [0.717, 1.165) is 11.3 Å². The van der Waals surface area contributed by atoms with Gasteiger partial charge in [-0.25, -0.2) is 0 Å². The van der Waals surface area contributed by atoms with E-state index < -0.39 is 5.51 Å². The number of nitrogens with one attached hydrogen (secondary N) is 1. The number of anilines is 1. The predicted molar refractivity (Wildman–Crippen MR) is 70.0 cm³/mol. The van der Waals surface area contributed by atoms with Crippen LogP contribution in [-0.2, 0) is 6.54 Å². The Hall–Kier alpha value is -1.14. The van der Waals surface area contributed by atoms with Crippen LogP contribution in [0.15, 0.2) is 46.0 Å². The van der Waals surface area contributed by atoms with Crippen molar-refractivity contribution in [2.24, 2.45) is 0 Å². The summed E-state index contributed by atoms with van der Waals surface area (Å²) in [5, 5.41) is 7.17. The quantitative estimate of drug-likeness (QED) is 0.797. The van der Waals surface area contributed by atoms with Crippen molar-refractivity contribution in [3.8, 4) is 0 Å². The van der Waals surface area contributed by atoms with Gasteiger partial charge in [0, 0.05) is 17.1 Å². The third kappa shape index (κ3) is 4.27. The summed E-state index contributed by atoms with van der Waals surface area (Å²) in [5.41, 5.74) is -2.26. The second kappa shape index (κ2) is 5.67. The van der Waals surface area contributed by atoms with Gasteiger partial charge in [0.1, 0.15) is 0 Å². The molecule has 1 nitrogen and oxygen atoms in total. The van der Waals surface area contributed by atoms with Gasteiger partial charge in [-0.05, 0) is 58.4 Å². The highest BCUT2D eigenvalue weighted by molar-refractivity contribution is 8.00. The number of thioether (sulfide) groups is 1. The van der Waals surface area contributed by atoms with Crippen molar-refractivity contribution in [3.63, 3.8) is 0 Å². The highest BCUT2D eigenvalue weighted by atomic mass is 32.2. The molecule has 1 heterocycles. The van der Waals surface area contributed by atoms with E-state index in [0.29, 0.717) is 6.54 Å². The zero-order chi connectivity index (χ0) is 13.0. The number of halogens is 3. The van der Waals surface area contributed by atoms with Crippen molar-refractivity contribution in [1.82, 2.24) is 0 Å². The van der Waals surface area contributed by atoms with Crippen LogP contribution in [0.25, 0.3) is 0 Å². The zero-order valence-electron chi connectivity index (χ0n) is 9.20. The lowest BCUT2D eigenvalue weighted by Gasteiger charge is -2.08. The lowest BCUT2D eigenvalue weighted by atomic mass is 10.3. The molecule has 0 saturated carbocycles. The Morgan fingerprint density at radius 3 is 2.39 bits per heavy atom. The normalized spacial score (nSPS) is 11.5. The maximum atomic E-state index is 12.1. The molecule has 1 N–H and O–H groups in total. The van der Waals surface area contributed by atoms with Crippen LogP contribution in [0.1, 0.15) is 5.56 Å². The molecular formula is C12H10F3NS2. The van der Waals surface area contributed by atoms with Crippen LogP contribution in [0.3, 0.4) is 0 Å². The molecule has 0 bridgehead atoms. The maximum absolute atomic E-state index is 12.1. The summed E-state index contributed by atoms with van der Waals surface area (Å²) in [6, 6.07) is 8.24. The number of thiophene rings is 1. The first-order chi connectivity index (χ1) is 8.53. The summed E-state index contributed by atoms with van der Waals surface area (Å²) >= 11 is 1.51. The van der Waals surface area contributed by atoms with E-state index in [1.165, 1.54) is 12.1 Å². The van der Waals surface area contributed by atoms with Gasteiger partial charge in [-0.15, -0.1) is 0 Å². The molecule has 0 fully saturated rings. The molecule has 2 rings (SSSR count). The zero-order valence-corrected chi connectivity index (χ0v) is 10.8. The first kappa shape index (κ1) is 13.3. The van der Waals surface area contributed by atoms with E-state index in [1.54, 1.807) is 23.5 Å². The summed E-state index contributed by atoms with van der Waals surface area (Å²) in [5.74, 6) is 0.